The van der Waals surface area contributed by atoms with Gasteiger partial charge in [0.1, 0.15) is 12.4 Å². The van der Waals surface area contributed by atoms with E-state index in [1.54, 1.807) is 11.0 Å². The van der Waals surface area contributed by atoms with Crippen LogP contribution in [0.25, 0.3) is 5.69 Å². The fraction of sp³-hybridized carbons (Fsp3) is 0.300. The number of hydrogen-bond acceptors (Lipinski definition) is 4. The summed E-state index contributed by atoms with van der Waals surface area (Å²) in [4.78, 5) is 0. The number of ether oxygens (including phenoxy) is 1. The highest BCUT2D eigenvalue weighted by Crippen LogP contribution is 2.32. The summed E-state index contributed by atoms with van der Waals surface area (Å²) in [5, 5.41) is 11.1. The van der Waals surface area contributed by atoms with Gasteiger partial charge in [-0.2, -0.15) is 0 Å². The van der Waals surface area contributed by atoms with E-state index in [9.17, 15) is 0 Å². The predicted molar refractivity (Wildman–Crippen MR) is 52.6 cm³/mol. The molecule has 1 fully saturated rings. The van der Waals surface area contributed by atoms with E-state index in [1.807, 2.05) is 6.07 Å². The maximum absolute atomic E-state index is 5.26. The third kappa shape index (κ3) is 1.50. The van der Waals surface area contributed by atoms with E-state index in [2.05, 4.69) is 34.6 Å². The lowest BCUT2D eigenvalue weighted by Gasteiger charge is -2.05. The molecule has 1 aliphatic heterocycles. The standard InChI is InChI=1S/C10H10N4O/c1-7-4-8(14-6-11-12-13-14)2-3-9(7)10-5-15-10/h2-4,6,10H,5H2,1H3/t10-/m1/s1. The maximum atomic E-state index is 5.26. The summed E-state index contributed by atoms with van der Waals surface area (Å²) < 4.78 is 6.90. The van der Waals surface area contributed by atoms with E-state index in [0.717, 1.165) is 12.3 Å². The molecule has 1 saturated heterocycles. The van der Waals surface area contributed by atoms with Crippen molar-refractivity contribution in [1.29, 1.82) is 0 Å². The van der Waals surface area contributed by atoms with E-state index in [0.29, 0.717) is 6.10 Å². The number of aryl methyl sites for hydroxylation is 1. The van der Waals surface area contributed by atoms with Crippen LogP contribution in [-0.4, -0.2) is 26.8 Å². The van der Waals surface area contributed by atoms with Gasteiger partial charge in [-0.3, -0.25) is 0 Å². The number of tetrazole rings is 1. The van der Waals surface area contributed by atoms with Crippen LogP contribution in [0.15, 0.2) is 24.5 Å². The molecular weight excluding hydrogens is 192 g/mol. The monoisotopic (exact) mass is 202 g/mol. The Morgan fingerprint density at radius 1 is 1.47 bits per heavy atom. The molecule has 0 radical (unpaired) electrons. The molecule has 76 valence electrons. The summed E-state index contributed by atoms with van der Waals surface area (Å²) in [7, 11) is 0. The Bertz CT molecular complexity index is 476. The van der Waals surface area contributed by atoms with Crippen molar-refractivity contribution in [1.82, 2.24) is 20.2 Å². The molecule has 5 nitrogen and oxygen atoms in total. The zero-order valence-corrected chi connectivity index (χ0v) is 8.29. The minimum Gasteiger partial charge on any atom is -0.368 e. The van der Waals surface area contributed by atoms with Crippen LogP contribution in [0.1, 0.15) is 17.2 Å². The number of epoxide rings is 1. The van der Waals surface area contributed by atoms with Gasteiger partial charge in [-0.1, -0.05) is 6.07 Å². The van der Waals surface area contributed by atoms with Gasteiger partial charge in [0, 0.05) is 0 Å². The first-order valence-corrected chi connectivity index (χ1v) is 4.80. The fourth-order valence-electron chi connectivity index (χ4n) is 1.67. The lowest BCUT2D eigenvalue weighted by Crippen LogP contribution is -1.97. The van der Waals surface area contributed by atoms with Crippen molar-refractivity contribution in [3.8, 4) is 5.69 Å². The summed E-state index contributed by atoms with van der Waals surface area (Å²) in [6, 6.07) is 6.14. The number of benzene rings is 1. The molecule has 15 heavy (non-hydrogen) atoms. The van der Waals surface area contributed by atoms with Crippen molar-refractivity contribution < 1.29 is 4.74 Å². The van der Waals surface area contributed by atoms with E-state index >= 15 is 0 Å². The first-order valence-electron chi connectivity index (χ1n) is 4.80. The predicted octanol–water partition coefficient (Wildman–Crippen LogP) is 1.04. The van der Waals surface area contributed by atoms with E-state index in [1.165, 1.54) is 11.1 Å². The Kier molecular flexibility index (Phi) is 1.78. The molecule has 1 aromatic heterocycles. The molecule has 0 spiro atoms. The average molecular weight is 202 g/mol. The SMILES string of the molecule is Cc1cc(-n2cnnn2)ccc1[C@H]1CO1. The molecule has 0 unspecified atom stereocenters. The highest BCUT2D eigenvalue weighted by molar-refractivity contribution is 5.41. The van der Waals surface area contributed by atoms with Crippen molar-refractivity contribution >= 4 is 0 Å². The third-order valence-corrected chi connectivity index (χ3v) is 2.55. The molecule has 2 heterocycles. The highest BCUT2D eigenvalue weighted by Gasteiger charge is 2.26. The van der Waals surface area contributed by atoms with Gasteiger partial charge in [0.15, 0.2) is 0 Å². The molecule has 0 bridgehead atoms. The van der Waals surface area contributed by atoms with Crippen LogP contribution in [0.5, 0.6) is 0 Å². The van der Waals surface area contributed by atoms with Gasteiger partial charge >= 0.3 is 0 Å². The summed E-state index contributed by atoms with van der Waals surface area (Å²) in [5.41, 5.74) is 3.44. The molecular formula is C10H10N4O. The molecule has 0 amide bonds. The highest BCUT2D eigenvalue weighted by atomic mass is 16.6. The lowest BCUT2D eigenvalue weighted by atomic mass is 10.1. The van der Waals surface area contributed by atoms with Crippen molar-refractivity contribution in [3.63, 3.8) is 0 Å². The second-order valence-corrected chi connectivity index (χ2v) is 3.62. The van der Waals surface area contributed by atoms with Crippen molar-refractivity contribution in [2.24, 2.45) is 0 Å². The minimum absolute atomic E-state index is 0.299. The van der Waals surface area contributed by atoms with E-state index in [-0.39, 0.29) is 0 Å². The Morgan fingerprint density at radius 2 is 2.33 bits per heavy atom. The van der Waals surface area contributed by atoms with Crippen LogP contribution in [0.4, 0.5) is 0 Å². The summed E-state index contributed by atoms with van der Waals surface area (Å²) in [5.74, 6) is 0. The van der Waals surface area contributed by atoms with Gasteiger partial charge in [-0.15, -0.1) is 5.10 Å². The quantitative estimate of drug-likeness (QED) is 0.683. The van der Waals surface area contributed by atoms with Crippen LogP contribution in [0, 0.1) is 6.92 Å². The largest absolute Gasteiger partial charge is 0.368 e. The topological polar surface area (TPSA) is 56.1 Å². The molecule has 5 heteroatoms. The second-order valence-electron chi connectivity index (χ2n) is 3.62. The van der Waals surface area contributed by atoms with Gasteiger partial charge in [0.2, 0.25) is 0 Å². The summed E-state index contributed by atoms with van der Waals surface area (Å²) in [6.45, 7) is 2.91. The van der Waals surface area contributed by atoms with Crippen molar-refractivity contribution in [2.45, 2.75) is 13.0 Å². The molecule has 0 aliphatic carbocycles. The Hall–Kier alpha value is -1.75. The normalized spacial score (nSPS) is 19.1. The van der Waals surface area contributed by atoms with Crippen LogP contribution < -0.4 is 0 Å². The molecule has 3 rings (SSSR count). The molecule has 0 N–H and O–H groups in total. The lowest BCUT2D eigenvalue weighted by molar-refractivity contribution is 0.415. The molecule has 2 aromatic rings. The fourth-order valence-corrected chi connectivity index (χ4v) is 1.67. The number of hydrogen-bond donors (Lipinski definition) is 0. The van der Waals surface area contributed by atoms with Gasteiger partial charge in [-0.05, 0) is 40.6 Å². The van der Waals surface area contributed by atoms with Crippen LogP contribution >= 0.6 is 0 Å². The first kappa shape index (κ1) is 8.55. The first-order chi connectivity index (χ1) is 7.34. The third-order valence-electron chi connectivity index (χ3n) is 2.55. The smallest absolute Gasteiger partial charge is 0.143 e. The zero-order chi connectivity index (χ0) is 10.3. The minimum atomic E-state index is 0.299. The number of rotatable bonds is 2. The van der Waals surface area contributed by atoms with Gasteiger partial charge in [0.25, 0.3) is 0 Å². The number of nitrogens with zero attached hydrogens (tertiary/aromatic N) is 4. The average Bonchev–Trinajstić information content (AvgIpc) is 2.93. The van der Waals surface area contributed by atoms with Gasteiger partial charge < -0.3 is 4.74 Å². The van der Waals surface area contributed by atoms with Crippen molar-refractivity contribution in [2.75, 3.05) is 6.61 Å². The Morgan fingerprint density at radius 3 is 2.93 bits per heavy atom. The zero-order valence-electron chi connectivity index (χ0n) is 8.29. The molecule has 1 atom stereocenters. The van der Waals surface area contributed by atoms with E-state index < -0.39 is 0 Å². The molecule has 1 aliphatic rings. The molecule has 1 aromatic carbocycles. The van der Waals surface area contributed by atoms with Crippen LogP contribution in [0.2, 0.25) is 0 Å². The van der Waals surface area contributed by atoms with Crippen LogP contribution in [0.3, 0.4) is 0 Å². The Labute approximate surface area is 86.7 Å². The molecule has 0 saturated carbocycles. The Balaban J connectivity index is 2.01. The van der Waals surface area contributed by atoms with Crippen LogP contribution in [-0.2, 0) is 4.74 Å². The summed E-state index contributed by atoms with van der Waals surface area (Å²) >= 11 is 0. The second kappa shape index (κ2) is 3.13. The van der Waals surface area contributed by atoms with E-state index in [4.69, 9.17) is 4.74 Å². The summed E-state index contributed by atoms with van der Waals surface area (Å²) in [6.07, 6.45) is 1.88. The maximum Gasteiger partial charge on any atom is 0.143 e. The van der Waals surface area contributed by atoms with Gasteiger partial charge in [0.05, 0.1) is 12.3 Å². The number of aromatic nitrogens is 4. The van der Waals surface area contributed by atoms with Crippen molar-refractivity contribution in [3.05, 3.63) is 35.7 Å². The van der Waals surface area contributed by atoms with Gasteiger partial charge in [-0.25, -0.2) is 4.68 Å².